The summed E-state index contributed by atoms with van der Waals surface area (Å²) in [7, 11) is 0. The van der Waals surface area contributed by atoms with Crippen LogP contribution < -0.4 is 5.32 Å². The molecule has 0 radical (unpaired) electrons. The Labute approximate surface area is 129 Å². The molecule has 1 aromatic carbocycles. The number of ether oxygens (including phenoxy) is 1. The summed E-state index contributed by atoms with van der Waals surface area (Å²) in [5, 5.41) is 9.18. The van der Waals surface area contributed by atoms with Gasteiger partial charge in [-0.3, -0.25) is 0 Å². The van der Waals surface area contributed by atoms with E-state index >= 15 is 0 Å². The summed E-state index contributed by atoms with van der Waals surface area (Å²) < 4.78 is 7.69. The van der Waals surface area contributed by atoms with Crippen molar-refractivity contribution < 1.29 is 4.74 Å². The number of hydrogen-bond donors (Lipinski definition) is 1. The highest BCUT2D eigenvalue weighted by Gasteiger charge is 2.23. The van der Waals surface area contributed by atoms with E-state index in [0.717, 1.165) is 47.5 Å². The van der Waals surface area contributed by atoms with Crippen LogP contribution in [0.1, 0.15) is 25.5 Å². The van der Waals surface area contributed by atoms with Crippen LogP contribution in [0.5, 0.6) is 0 Å². The summed E-state index contributed by atoms with van der Waals surface area (Å²) in [4.78, 5) is 4.77. The molecule has 5 heteroatoms. The second-order valence-electron chi connectivity index (χ2n) is 6.02. The van der Waals surface area contributed by atoms with E-state index in [2.05, 4.69) is 29.5 Å². The van der Waals surface area contributed by atoms with Crippen molar-refractivity contribution in [3.05, 3.63) is 36.0 Å². The number of rotatable bonds is 3. The fourth-order valence-electron chi connectivity index (χ4n) is 3.19. The first-order chi connectivity index (χ1) is 10.7. The molecular formula is C17H20N4O. The van der Waals surface area contributed by atoms with Crippen molar-refractivity contribution in [3.8, 4) is 0 Å². The van der Waals surface area contributed by atoms with Crippen molar-refractivity contribution in [1.82, 2.24) is 14.6 Å². The molecule has 22 heavy (non-hydrogen) atoms. The van der Waals surface area contributed by atoms with Crippen LogP contribution in [0, 0.1) is 6.92 Å². The summed E-state index contributed by atoms with van der Waals surface area (Å²) >= 11 is 0. The van der Waals surface area contributed by atoms with Gasteiger partial charge in [-0.1, -0.05) is 12.1 Å². The summed E-state index contributed by atoms with van der Waals surface area (Å²) in [6, 6.07) is 10.5. The van der Waals surface area contributed by atoms with Crippen molar-refractivity contribution in [2.24, 2.45) is 0 Å². The van der Waals surface area contributed by atoms with Crippen LogP contribution in [-0.2, 0) is 4.74 Å². The Kier molecular flexibility index (Phi) is 3.22. The van der Waals surface area contributed by atoms with Gasteiger partial charge >= 0.3 is 0 Å². The van der Waals surface area contributed by atoms with Gasteiger partial charge in [-0.2, -0.15) is 5.10 Å². The smallest absolute Gasteiger partial charge is 0.158 e. The summed E-state index contributed by atoms with van der Waals surface area (Å²) in [5.74, 6) is 0.908. The molecule has 0 saturated carbocycles. The van der Waals surface area contributed by atoms with Crippen LogP contribution in [0.2, 0.25) is 0 Å². The molecule has 2 aromatic heterocycles. The first-order valence-electron chi connectivity index (χ1n) is 7.85. The lowest BCUT2D eigenvalue weighted by Gasteiger charge is -2.21. The minimum atomic E-state index is 0.241. The molecule has 1 aliphatic heterocycles. The largest absolute Gasteiger partial charge is 0.376 e. The number of aryl methyl sites for hydroxylation is 1. The molecule has 1 fully saturated rings. The molecule has 0 amide bonds. The zero-order chi connectivity index (χ0) is 15.1. The quantitative estimate of drug-likeness (QED) is 0.806. The second-order valence-corrected chi connectivity index (χ2v) is 6.02. The molecule has 3 aromatic rings. The molecule has 0 spiro atoms. The third kappa shape index (κ3) is 2.22. The Morgan fingerprint density at radius 3 is 3.05 bits per heavy atom. The Balaban J connectivity index is 1.80. The van der Waals surface area contributed by atoms with Crippen LogP contribution >= 0.6 is 0 Å². The van der Waals surface area contributed by atoms with E-state index in [-0.39, 0.29) is 12.1 Å². The first kappa shape index (κ1) is 13.5. The lowest BCUT2D eigenvalue weighted by molar-refractivity contribution is 0.0996. The topological polar surface area (TPSA) is 51.5 Å². The summed E-state index contributed by atoms with van der Waals surface area (Å²) in [6.07, 6.45) is 2.52. The maximum Gasteiger partial charge on any atom is 0.158 e. The van der Waals surface area contributed by atoms with Crippen LogP contribution in [0.15, 0.2) is 30.3 Å². The SMILES string of the molecule is Cc1cc2nc(NC(C)C3CCCO3)c3ccccc3n2n1. The van der Waals surface area contributed by atoms with Crippen LogP contribution in [0.3, 0.4) is 0 Å². The number of benzene rings is 1. The lowest BCUT2D eigenvalue weighted by Crippen LogP contribution is -2.30. The third-order valence-corrected chi connectivity index (χ3v) is 4.31. The monoisotopic (exact) mass is 296 g/mol. The highest BCUT2D eigenvalue weighted by atomic mass is 16.5. The molecule has 5 nitrogen and oxygen atoms in total. The van der Waals surface area contributed by atoms with Gasteiger partial charge in [0, 0.05) is 18.1 Å². The van der Waals surface area contributed by atoms with Crippen molar-refractivity contribution in [3.63, 3.8) is 0 Å². The molecular weight excluding hydrogens is 276 g/mol. The van der Waals surface area contributed by atoms with E-state index in [1.54, 1.807) is 0 Å². The summed E-state index contributed by atoms with van der Waals surface area (Å²) in [5.41, 5.74) is 2.92. The minimum Gasteiger partial charge on any atom is -0.376 e. The van der Waals surface area contributed by atoms with Crippen molar-refractivity contribution in [1.29, 1.82) is 0 Å². The maximum absolute atomic E-state index is 5.78. The molecule has 0 aliphatic carbocycles. The number of nitrogens with one attached hydrogen (secondary N) is 1. The number of anilines is 1. The fourth-order valence-corrected chi connectivity index (χ4v) is 3.19. The van der Waals surface area contributed by atoms with Gasteiger partial charge in [0.2, 0.25) is 0 Å². The van der Waals surface area contributed by atoms with Gasteiger partial charge in [0.15, 0.2) is 5.65 Å². The van der Waals surface area contributed by atoms with Gasteiger partial charge in [0.1, 0.15) is 5.82 Å². The van der Waals surface area contributed by atoms with Crippen LogP contribution in [-0.4, -0.2) is 33.4 Å². The molecule has 114 valence electrons. The molecule has 3 heterocycles. The molecule has 0 bridgehead atoms. The molecule has 1 N–H and O–H groups in total. The molecule has 2 atom stereocenters. The number of hydrogen-bond acceptors (Lipinski definition) is 4. The highest BCUT2D eigenvalue weighted by molar-refractivity contribution is 5.91. The van der Waals surface area contributed by atoms with E-state index < -0.39 is 0 Å². The zero-order valence-corrected chi connectivity index (χ0v) is 12.9. The van der Waals surface area contributed by atoms with Crippen molar-refractivity contribution >= 4 is 22.4 Å². The predicted molar refractivity (Wildman–Crippen MR) is 87.3 cm³/mol. The standard InChI is InChI=1S/C17H20N4O/c1-11-10-16-19-17(18-12(2)15-8-5-9-22-15)13-6-3-4-7-14(13)21(16)20-11/h3-4,6-7,10,12,15H,5,8-9H2,1-2H3,(H,18,19). The van der Waals surface area contributed by atoms with E-state index in [0.29, 0.717) is 0 Å². The van der Waals surface area contributed by atoms with E-state index in [1.807, 2.05) is 29.6 Å². The van der Waals surface area contributed by atoms with Crippen LogP contribution in [0.25, 0.3) is 16.6 Å². The van der Waals surface area contributed by atoms with Crippen molar-refractivity contribution in [2.45, 2.75) is 38.8 Å². The number of aromatic nitrogens is 3. The van der Waals surface area contributed by atoms with Gasteiger partial charge in [-0.15, -0.1) is 0 Å². The zero-order valence-electron chi connectivity index (χ0n) is 12.9. The Bertz CT molecular complexity index is 820. The number of para-hydroxylation sites is 1. The Morgan fingerprint density at radius 1 is 1.36 bits per heavy atom. The molecule has 4 rings (SSSR count). The lowest BCUT2D eigenvalue weighted by atomic mass is 10.1. The van der Waals surface area contributed by atoms with Crippen LogP contribution in [0.4, 0.5) is 5.82 Å². The van der Waals surface area contributed by atoms with Gasteiger partial charge in [0.05, 0.1) is 23.4 Å². The Hall–Kier alpha value is -2.14. The van der Waals surface area contributed by atoms with Gasteiger partial charge in [-0.25, -0.2) is 9.50 Å². The minimum absolute atomic E-state index is 0.241. The maximum atomic E-state index is 5.78. The average Bonchev–Trinajstić information content (AvgIpc) is 3.16. The van der Waals surface area contributed by atoms with E-state index in [9.17, 15) is 0 Å². The van der Waals surface area contributed by atoms with E-state index in [4.69, 9.17) is 9.72 Å². The number of nitrogens with zero attached hydrogens (tertiary/aromatic N) is 3. The average molecular weight is 296 g/mol. The predicted octanol–water partition coefficient (Wildman–Crippen LogP) is 3.17. The third-order valence-electron chi connectivity index (χ3n) is 4.31. The van der Waals surface area contributed by atoms with Gasteiger partial charge in [-0.05, 0) is 38.8 Å². The molecule has 1 saturated heterocycles. The molecule has 2 unspecified atom stereocenters. The van der Waals surface area contributed by atoms with E-state index in [1.165, 1.54) is 0 Å². The Morgan fingerprint density at radius 2 is 2.23 bits per heavy atom. The highest BCUT2D eigenvalue weighted by Crippen LogP contribution is 2.25. The second kappa shape index (κ2) is 5.25. The first-order valence-corrected chi connectivity index (χ1v) is 7.85. The van der Waals surface area contributed by atoms with Gasteiger partial charge < -0.3 is 10.1 Å². The number of fused-ring (bicyclic) bond motifs is 3. The van der Waals surface area contributed by atoms with Crippen molar-refractivity contribution in [2.75, 3.05) is 11.9 Å². The molecule has 1 aliphatic rings. The normalized spacial score (nSPS) is 19.8. The fraction of sp³-hybridized carbons (Fsp3) is 0.412. The van der Waals surface area contributed by atoms with Gasteiger partial charge in [0.25, 0.3) is 0 Å². The summed E-state index contributed by atoms with van der Waals surface area (Å²) in [6.45, 7) is 5.02.